The highest BCUT2D eigenvalue weighted by Crippen LogP contribution is 2.26. The maximum Gasteiger partial charge on any atom is 0.255 e. The summed E-state index contributed by atoms with van der Waals surface area (Å²) in [7, 11) is -2.52. The van der Waals surface area contributed by atoms with Gasteiger partial charge in [-0.3, -0.25) is 4.79 Å². The van der Waals surface area contributed by atoms with Crippen molar-refractivity contribution in [1.82, 2.24) is 4.31 Å². The molecule has 0 aliphatic carbocycles. The Balaban J connectivity index is 1.47. The van der Waals surface area contributed by atoms with Gasteiger partial charge in [-0.1, -0.05) is 26.0 Å². The molecule has 9 heteroatoms. The predicted octanol–water partition coefficient (Wildman–Crippen LogP) is 4.72. The van der Waals surface area contributed by atoms with E-state index in [-0.39, 0.29) is 18.7 Å². The van der Waals surface area contributed by atoms with Crippen molar-refractivity contribution in [2.24, 2.45) is 0 Å². The lowest BCUT2D eigenvalue weighted by Crippen LogP contribution is -2.48. The Morgan fingerprint density at radius 3 is 2.17 bits per heavy atom. The summed E-state index contributed by atoms with van der Waals surface area (Å²) in [6.45, 7) is 5.47. The zero-order valence-electron chi connectivity index (χ0n) is 20.6. The number of methoxy groups -OCH3 is 1. The van der Waals surface area contributed by atoms with Crippen molar-refractivity contribution in [3.8, 4) is 5.75 Å². The van der Waals surface area contributed by atoms with Gasteiger partial charge < -0.3 is 15.0 Å². The molecule has 0 unspecified atom stereocenters. The average molecular weight is 512 g/mol. The molecule has 1 aliphatic rings. The van der Waals surface area contributed by atoms with E-state index in [2.05, 4.69) is 24.1 Å². The van der Waals surface area contributed by atoms with Crippen LogP contribution in [0.4, 0.5) is 15.8 Å². The van der Waals surface area contributed by atoms with Gasteiger partial charge in [-0.2, -0.15) is 4.31 Å². The van der Waals surface area contributed by atoms with Crippen LogP contribution < -0.4 is 15.0 Å². The first-order valence-corrected chi connectivity index (χ1v) is 13.2. The lowest BCUT2D eigenvalue weighted by Gasteiger charge is -2.35. The average Bonchev–Trinajstić information content (AvgIpc) is 2.89. The van der Waals surface area contributed by atoms with Crippen molar-refractivity contribution >= 4 is 27.3 Å². The molecule has 1 saturated heterocycles. The van der Waals surface area contributed by atoms with Crippen LogP contribution in [0.3, 0.4) is 0 Å². The van der Waals surface area contributed by atoms with Gasteiger partial charge in [0, 0.05) is 43.1 Å². The summed E-state index contributed by atoms with van der Waals surface area (Å²) < 4.78 is 47.7. The van der Waals surface area contributed by atoms with E-state index in [1.807, 2.05) is 36.4 Å². The fourth-order valence-corrected chi connectivity index (χ4v) is 5.63. The Kier molecular flexibility index (Phi) is 7.61. The molecule has 3 aromatic carbocycles. The van der Waals surface area contributed by atoms with Crippen LogP contribution >= 0.6 is 0 Å². The molecular formula is C27H30FN3O4S. The highest BCUT2D eigenvalue weighted by atomic mass is 32.2. The molecule has 0 aromatic heterocycles. The van der Waals surface area contributed by atoms with Crippen molar-refractivity contribution in [1.29, 1.82) is 0 Å². The van der Waals surface area contributed by atoms with Gasteiger partial charge in [0.15, 0.2) is 0 Å². The van der Waals surface area contributed by atoms with Crippen LogP contribution in [0.25, 0.3) is 0 Å². The largest absolute Gasteiger partial charge is 0.497 e. The van der Waals surface area contributed by atoms with Crippen LogP contribution in [-0.2, 0) is 10.0 Å². The number of carbonyl (C=O) groups excluding carboxylic acids is 1. The zero-order valence-corrected chi connectivity index (χ0v) is 21.4. The molecule has 0 spiro atoms. The molecule has 1 fully saturated rings. The van der Waals surface area contributed by atoms with Crippen LogP contribution in [0.1, 0.15) is 35.7 Å². The van der Waals surface area contributed by atoms with Crippen molar-refractivity contribution in [3.05, 3.63) is 83.7 Å². The number of piperazine rings is 1. The molecule has 0 atom stereocenters. The third kappa shape index (κ3) is 5.52. The lowest BCUT2D eigenvalue weighted by molar-refractivity contribution is 0.102. The number of nitrogens with one attached hydrogen (secondary N) is 1. The molecule has 0 bridgehead atoms. The van der Waals surface area contributed by atoms with Gasteiger partial charge in [0.25, 0.3) is 5.91 Å². The second kappa shape index (κ2) is 10.7. The first-order chi connectivity index (χ1) is 17.2. The lowest BCUT2D eigenvalue weighted by atomic mass is 10.0. The molecule has 1 amide bonds. The molecule has 7 nitrogen and oxygen atoms in total. The second-order valence-corrected chi connectivity index (χ2v) is 10.9. The Hall–Kier alpha value is -3.43. The van der Waals surface area contributed by atoms with E-state index in [0.29, 0.717) is 24.7 Å². The quantitative estimate of drug-likeness (QED) is 0.497. The number of nitrogens with zero attached hydrogens (tertiary/aromatic N) is 2. The minimum atomic E-state index is -4.12. The van der Waals surface area contributed by atoms with E-state index in [1.54, 1.807) is 19.2 Å². The van der Waals surface area contributed by atoms with Crippen LogP contribution in [0.5, 0.6) is 5.75 Å². The van der Waals surface area contributed by atoms with E-state index in [1.165, 1.54) is 10.4 Å². The minimum absolute atomic E-state index is 0.0692. The van der Waals surface area contributed by atoms with Gasteiger partial charge in [0.1, 0.15) is 16.5 Å². The van der Waals surface area contributed by atoms with Crippen LogP contribution in [0, 0.1) is 5.82 Å². The number of sulfonamides is 1. The molecule has 1 N–H and O–H groups in total. The van der Waals surface area contributed by atoms with E-state index < -0.39 is 26.6 Å². The summed E-state index contributed by atoms with van der Waals surface area (Å²) in [4.78, 5) is 14.4. The fraction of sp³-hybridized carbons (Fsp3) is 0.296. The maximum atomic E-state index is 14.7. The fourth-order valence-electron chi connectivity index (χ4n) is 4.12. The number of halogens is 1. The highest BCUT2D eigenvalue weighted by Gasteiger charge is 2.31. The Labute approximate surface area is 211 Å². The Morgan fingerprint density at radius 1 is 0.944 bits per heavy atom. The van der Waals surface area contributed by atoms with Crippen molar-refractivity contribution in [2.45, 2.75) is 24.7 Å². The van der Waals surface area contributed by atoms with Crippen molar-refractivity contribution in [3.63, 3.8) is 0 Å². The number of anilines is 2. The molecule has 3 aromatic rings. The first kappa shape index (κ1) is 25.7. The number of hydrogen-bond donors (Lipinski definition) is 1. The highest BCUT2D eigenvalue weighted by molar-refractivity contribution is 7.89. The summed E-state index contributed by atoms with van der Waals surface area (Å²) in [5, 5.41) is 2.75. The van der Waals surface area contributed by atoms with Gasteiger partial charge in [0.2, 0.25) is 10.0 Å². The summed E-state index contributed by atoms with van der Waals surface area (Å²) in [5.41, 5.74) is 2.74. The van der Waals surface area contributed by atoms with Crippen LogP contribution in [0.2, 0.25) is 0 Å². The van der Waals surface area contributed by atoms with E-state index in [0.717, 1.165) is 29.1 Å². The van der Waals surface area contributed by atoms with Gasteiger partial charge >= 0.3 is 0 Å². The molecule has 0 radical (unpaired) electrons. The number of ether oxygens (including phenoxy) is 1. The molecule has 0 saturated carbocycles. The standard InChI is InChI=1S/C27H30FN3O4S/c1-19(2)20-4-7-22(8-5-20)29-27(32)21-6-13-25(28)26(18-21)36(33,34)31-16-14-30(15-17-31)23-9-11-24(35-3)12-10-23/h4-13,18-19H,14-17H2,1-3H3,(H,29,32). The number of rotatable bonds is 7. The topological polar surface area (TPSA) is 79.0 Å². The third-order valence-electron chi connectivity index (χ3n) is 6.32. The van der Waals surface area contributed by atoms with E-state index in [4.69, 9.17) is 4.74 Å². The van der Waals surface area contributed by atoms with Gasteiger partial charge in [-0.15, -0.1) is 0 Å². The summed E-state index contributed by atoms with van der Waals surface area (Å²) >= 11 is 0. The third-order valence-corrected chi connectivity index (χ3v) is 8.24. The van der Waals surface area contributed by atoms with Crippen molar-refractivity contribution in [2.75, 3.05) is 43.5 Å². The monoisotopic (exact) mass is 511 g/mol. The molecule has 1 heterocycles. The van der Waals surface area contributed by atoms with E-state index in [9.17, 15) is 17.6 Å². The molecule has 4 rings (SSSR count). The first-order valence-electron chi connectivity index (χ1n) is 11.8. The summed E-state index contributed by atoms with van der Waals surface area (Å²) in [5.74, 6) is -0.289. The molecule has 1 aliphatic heterocycles. The number of hydrogen-bond acceptors (Lipinski definition) is 5. The maximum absolute atomic E-state index is 14.7. The summed E-state index contributed by atoms with van der Waals surface area (Å²) in [6.07, 6.45) is 0. The Morgan fingerprint density at radius 2 is 1.58 bits per heavy atom. The zero-order chi connectivity index (χ0) is 25.9. The number of amides is 1. The Bertz CT molecular complexity index is 1320. The normalized spacial score (nSPS) is 14.6. The molecular weight excluding hydrogens is 481 g/mol. The molecule has 36 heavy (non-hydrogen) atoms. The SMILES string of the molecule is COc1ccc(N2CCN(S(=O)(=O)c3cc(C(=O)Nc4ccc(C(C)C)cc4)ccc3F)CC2)cc1. The minimum Gasteiger partial charge on any atom is -0.497 e. The number of benzene rings is 3. The van der Waals surface area contributed by atoms with Crippen LogP contribution in [0.15, 0.2) is 71.6 Å². The smallest absolute Gasteiger partial charge is 0.255 e. The van der Waals surface area contributed by atoms with Gasteiger partial charge in [-0.05, 0) is 66.1 Å². The second-order valence-electron chi connectivity index (χ2n) is 8.97. The van der Waals surface area contributed by atoms with Gasteiger partial charge in [-0.25, -0.2) is 12.8 Å². The van der Waals surface area contributed by atoms with E-state index >= 15 is 0 Å². The number of carbonyl (C=O) groups is 1. The predicted molar refractivity (Wildman–Crippen MR) is 139 cm³/mol. The molecule has 190 valence electrons. The van der Waals surface area contributed by atoms with Crippen LogP contribution in [-0.4, -0.2) is 51.9 Å². The van der Waals surface area contributed by atoms with Gasteiger partial charge in [0.05, 0.1) is 7.11 Å². The van der Waals surface area contributed by atoms with Crippen molar-refractivity contribution < 1.29 is 22.3 Å². The summed E-state index contributed by atoms with van der Waals surface area (Å²) in [6, 6.07) is 18.4.